The van der Waals surface area contributed by atoms with E-state index in [1.54, 1.807) is 6.08 Å². The van der Waals surface area contributed by atoms with Crippen molar-refractivity contribution in [3.63, 3.8) is 0 Å². The lowest BCUT2D eigenvalue weighted by Crippen LogP contribution is -2.62. The number of hydrogen-bond acceptors (Lipinski definition) is 4. The van der Waals surface area contributed by atoms with Crippen LogP contribution in [-0.2, 0) is 4.74 Å². The molecule has 0 aromatic carbocycles. The van der Waals surface area contributed by atoms with E-state index in [0.29, 0.717) is 25.8 Å². The highest BCUT2D eigenvalue weighted by molar-refractivity contribution is 4.99. The molecule has 1 aliphatic heterocycles. The molecule has 1 atom stereocenters. The van der Waals surface area contributed by atoms with Gasteiger partial charge in [-0.2, -0.15) is 0 Å². The van der Waals surface area contributed by atoms with Gasteiger partial charge in [-0.05, 0) is 40.5 Å². The molecule has 1 unspecified atom stereocenters. The first kappa shape index (κ1) is 16.6. The molecule has 3 N–H and O–H groups in total. The quantitative estimate of drug-likeness (QED) is 0.484. The molecule has 0 aliphatic carbocycles. The first-order valence-corrected chi connectivity index (χ1v) is 7.13. The van der Waals surface area contributed by atoms with Crippen molar-refractivity contribution in [1.82, 2.24) is 10.6 Å². The average Bonchev–Trinajstić information content (AvgIpc) is 2.22. The van der Waals surface area contributed by atoms with E-state index in [0.717, 1.165) is 12.8 Å². The van der Waals surface area contributed by atoms with E-state index in [4.69, 9.17) is 4.74 Å². The second kappa shape index (κ2) is 6.84. The number of rotatable bonds is 7. The number of aliphatic hydroxyl groups excluding tert-OH is 1. The van der Waals surface area contributed by atoms with Gasteiger partial charge in [0.2, 0.25) is 0 Å². The molecule has 0 radical (unpaired) electrons. The standard InChI is InChI=1S/C15H30N2O2/c1-6-7-19-11-13(18)10-16-12-8-14(2,3)17-15(4,5)9-12/h6,12-13,16-18H,1,7-11H2,2-5H3. The van der Waals surface area contributed by atoms with Crippen molar-refractivity contribution in [1.29, 1.82) is 0 Å². The highest BCUT2D eigenvalue weighted by atomic mass is 16.5. The van der Waals surface area contributed by atoms with Crippen LogP contribution in [0.3, 0.4) is 0 Å². The van der Waals surface area contributed by atoms with Crippen molar-refractivity contribution in [2.75, 3.05) is 19.8 Å². The summed E-state index contributed by atoms with van der Waals surface area (Å²) < 4.78 is 5.25. The van der Waals surface area contributed by atoms with Gasteiger partial charge in [0.15, 0.2) is 0 Å². The van der Waals surface area contributed by atoms with Gasteiger partial charge in [0, 0.05) is 23.7 Å². The summed E-state index contributed by atoms with van der Waals surface area (Å²) in [6.45, 7) is 13.9. The van der Waals surface area contributed by atoms with Crippen LogP contribution in [0.5, 0.6) is 0 Å². The summed E-state index contributed by atoms with van der Waals surface area (Å²) in [5, 5.41) is 16.9. The minimum atomic E-state index is -0.457. The highest BCUT2D eigenvalue weighted by Crippen LogP contribution is 2.28. The highest BCUT2D eigenvalue weighted by Gasteiger charge is 2.37. The Bertz CT molecular complexity index is 274. The van der Waals surface area contributed by atoms with Crippen LogP contribution in [0.4, 0.5) is 0 Å². The topological polar surface area (TPSA) is 53.5 Å². The Morgan fingerprint density at radius 2 is 1.95 bits per heavy atom. The van der Waals surface area contributed by atoms with Gasteiger partial charge in [0.25, 0.3) is 0 Å². The average molecular weight is 270 g/mol. The van der Waals surface area contributed by atoms with E-state index in [2.05, 4.69) is 44.9 Å². The fraction of sp³-hybridized carbons (Fsp3) is 0.867. The molecular weight excluding hydrogens is 240 g/mol. The van der Waals surface area contributed by atoms with E-state index in [-0.39, 0.29) is 11.1 Å². The van der Waals surface area contributed by atoms with Gasteiger partial charge < -0.3 is 20.5 Å². The Hall–Kier alpha value is -0.420. The summed E-state index contributed by atoms with van der Waals surface area (Å²) in [4.78, 5) is 0. The zero-order valence-electron chi connectivity index (χ0n) is 12.8. The minimum Gasteiger partial charge on any atom is -0.389 e. The fourth-order valence-electron chi connectivity index (χ4n) is 3.12. The summed E-state index contributed by atoms with van der Waals surface area (Å²) in [5.74, 6) is 0. The van der Waals surface area contributed by atoms with Gasteiger partial charge in [-0.3, -0.25) is 0 Å². The number of ether oxygens (including phenoxy) is 1. The van der Waals surface area contributed by atoms with Crippen molar-refractivity contribution in [2.24, 2.45) is 0 Å². The third-order valence-corrected chi connectivity index (χ3v) is 3.38. The van der Waals surface area contributed by atoms with Crippen LogP contribution in [0.25, 0.3) is 0 Å². The molecule has 0 saturated carbocycles. The Morgan fingerprint density at radius 3 is 2.47 bits per heavy atom. The van der Waals surface area contributed by atoms with E-state index >= 15 is 0 Å². The van der Waals surface area contributed by atoms with E-state index in [1.807, 2.05) is 0 Å². The molecule has 0 amide bonds. The maximum atomic E-state index is 9.83. The molecule has 1 saturated heterocycles. The van der Waals surface area contributed by atoms with E-state index in [9.17, 15) is 5.11 Å². The summed E-state index contributed by atoms with van der Waals surface area (Å²) in [5.41, 5.74) is 0.257. The predicted octanol–water partition coefficient (Wildman–Crippen LogP) is 1.45. The normalized spacial score (nSPS) is 24.1. The molecule has 4 nitrogen and oxygen atoms in total. The number of hydrogen-bond donors (Lipinski definition) is 3. The molecule has 0 bridgehead atoms. The van der Waals surface area contributed by atoms with Crippen LogP contribution < -0.4 is 10.6 Å². The SMILES string of the molecule is C=CCOCC(O)CNC1CC(C)(C)NC(C)(C)C1. The van der Waals surface area contributed by atoms with Crippen molar-refractivity contribution in [3.05, 3.63) is 12.7 Å². The van der Waals surface area contributed by atoms with Crippen LogP contribution in [0.1, 0.15) is 40.5 Å². The van der Waals surface area contributed by atoms with Gasteiger partial charge in [-0.15, -0.1) is 6.58 Å². The van der Waals surface area contributed by atoms with Crippen molar-refractivity contribution in [3.8, 4) is 0 Å². The number of piperidine rings is 1. The zero-order chi connectivity index (χ0) is 14.5. The van der Waals surface area contributed by atoms with Gasteiger partial charge in [-0.1, -0.05) is 6.08 Å². The van der Waals surface area contributed by atoms with Crippen LogP contribution in [-0.4, -0.2) is 48.1 Å². The van der Waals surface area contributed by atoms with Gasteiger partial charge in [0.05, 0.1) is 19.3 Å². The van der Waals surface area contributed by atoms with Gasteiger partial charge in [-0.25, -0.2) is 0 Å². The lowest BCUT2D eigenvalue weighted by Gasteiger charge is -2.47. The van der Waals surface area contributed by atoms with Gasteiger partial charge in [0.1, 0.15) is 0 Å². The molecular formula is C15H30N2O2. The molecule has 112 valence electrons. The monoisotopic (exact) mass is 270 g/mol. The lowest BCUT2D eigenvalue weighted by atomic mass is 9.79. The smallest absolute Gasteiger partial charge is 0.0897 e. The fourth-order valence-corrected chi connectivity index (χ4v) is 3.12. The van der Waals surface area contributed by atoms with Crippen LogP contribution in [0.15, 0.2) is 12.7 Å². The first-order chi connectivity index (χ1) is 8.74. The summed E-state index contributed by atoms with van der Waals surface area (Å²) in [6.07, 6.45) is 3.37. The predicted molar refractivity (Wildman–Crippen MR) is 79.3 cm³/mol. The van der Waals surface area contributed by atoms with Crippen molar-refractivity contribution < 1.29 is 9.84 Å². The van der Waals surface area contributed by atoms with Crippen molar-refractivity contribution >= 4 is 0 Å². The van der Waals surface area contributed by atoms with Crippen LogP contribution >= 0.6 is 0 Å². The second-order valence-electron chi connectivity index (χ2n) is 6.89. The maximum Gasteiger partial charge on any atom is 0.0897 e. The van der Waals surface area contributed by atoms with Crippen LogP contribution in [0.2, 0.25) is 0 Å². The van der Waals surface area contributed by atoms with Crippen molar-refractivity contribution in [2.45, 2.75) is 63.8 Å². The zero-order valence-corrected chi connectivity index (χ0v) is 12.8. The summed E-state index contributed by atoms with van der Waals surface area (Å²) in [7, 11) is 0. The molecule has 0 spiro atoms. The molecule has 1 heterocycles. The maximum absolute atomic E-state index is 9.83. The largest absolute Gasteiger partial charge is 0.389 e. The minimum absolute atomic E-state index is 0.129. The Labute approximate surface area is 117 Å². The summed E-state index contributed by atoms with van der Waals surface area (Å²) in [6, 6.07) is 0.431. The Kier molecular flexibility index (Phi) is 5.99. The molecule has 19 heavy (non-hydrogen) atoms. The van der Waals surface area contributed by atoms with E-state index < -0.39 is 6.10 Å². The molecule has 1 aliphatic rings. The lowest BCUT2D eigenvalue weighted by molar-refractivity contribution is 0.0437. The Balaban J connectivity index is 2.33. The summed E-state index contributed by atoms with van der Waals surface area (Å²) >= 11 is 0. The first-order valence-electron chi connectivity index (χ1n) is 7.13. The van der Waals surface area contributed by atoms with E-state index in [1.165, 1.54) is 0 Å². The third-order valence-electron chi connectivity index (χ3n) is 3.38. The molecule has 0 aromatic rings. The molecule has 1 rings (SSSR count). The molecule has 4 heteroatoms. The van der Waals surface area contributed by atoms with Gasteiger partial charge >= 0.3 is 0 Å². The van der Waals surface area contributed by atoms with Crippen LogP contribution in [0, 0.1) is 0 Å². The Morgan fingerprint density at radius 1 is 1.37 bits per heavy atom. The molecule has 1 fully saturated rings. The second-order valence-corrected chi connectivity index (χ2v) is 6.89. The number of aliphatic hydroxyl groups is 1. The third kappa shape index (κ3) is 6.52. The number of nitrogens with one attached hydrogen (secondary N) is 2. The molecule has 0 aromatic heterocycles.